The van der Waals surface area contributed by atoms with E-state index < -0.39 is 5.60 Å². The monoisotopic (exact) mass is 405 g/mol. The van der Waals surface area contributed by atoms with E-state index in [9.17, 15) is 5.11 Å². The van der Waals surface area contributed by atoms with Crippen molar-refractivity contribution in [1.29, 1.82) is 0 Å². The molecule has 5 nitrogen and oxygen atoms in total. The number of aromatic nitrogens is 3. The van der Waals surface area contributed by atoms with Crippen molar-refractivity contribution in [3.63, 3.8) is 0 Å². The summed E-state index contributed by atoms with van der Waals surface area (Å²) in [5.41, 5.74) is 4.61. The number of fused-ring (bicyclic) bond motifs is 4. The van der Waals surface area contributed by atoms with E-state index in [-0.39, 0.29) is 5.41 Å². The Bertz CT molecular complexity index is 1050. The van der Waals surface area contributed by atoms with Crippen LogP contribution in [0.25, 0.3) is 16.6 Å². The third-order valence-electron chi connectivity index (χ3n) is 7.72. The molecule has 5 rings (SSSR count). The van der Waals surface area contributed by atoms with Crippen LogP contribution in [0.2, 0.25) is 0 Å². The summed E-state index contributed by atoms with van der Waals surface area (Å²) in [6, 6.07) is 8.77. The quantitative estimate of drug-likeness (QED) is 0.690. The highest BCUT2D eigenvalue weighted by atomic mass is 16.5. The number of benzene rings is 1. The first-order valence-electron chi connectivity index (χ1n) is 11.2. The van der Waals surface area contributed by atoms with Crippen LogP contribution in [0.5, 0.6) is 0 Å². The molecule has 0 aliphatic heterocycles. The normalized spacial score (nSPS) is 28.7. The number of rotatable bonds is 4. The fourth-order valence-corrected chi connectivity index (χ4v) is 6.22. The van der Waals surface area contributed by atoms with Crippen LogP contribution >= 0.6 is 0 Å². The van der Waals surface area contributed by atoms with Crippen LogP contribution in [0.1, 0.15) is 56.6 Å². The molecule has 2 aliphatic carbocycles. The van der Waals surface area contributed by atoms with Gasteiger partial charge in [-0.3, -0.25) is 4.98 Å². The summed E-state index contributed by atoms with van der Waals surface area (Å²) >= 11 is 0. The topological polar surface area (TPSA) is 60.2 Å². The van der Waals surface area contributed by atoms with E-state index in [4.69, 9.17) is 9.84 Å². The lowest BCUT2D eigenvalue weighted by Gasteiger charge is -2.50. The Labute approximate surface area is 178 Å². The van der Waals surface area contributed by atoms with E-state index in [1.165, 1.54) is 22.9 Å². The number of methoxy groups -OCH3 is 1. The van der Waals surface area contributed by atoms with Crippen LogP contribution in [0.4, 0.5) is 0 Å². The lowest BCUT2D eigenvalue weighted by atomic mass is 9.57. The van der Waals surface area contributed by atoms with Crippen molar-refractivity contribution in [2.24, 2.45) is 5.92 Å². The van der Waals surface area contributed by atoms with Gasteiger partial charge in [-0.2, -0.15) is 5.10 Å². The first-order valence-corrected chi connectivity index (χ1v) is 11.2. The SMILES string of the molecule is CC[C@@]12CC[C@](O)(COC)C[C@@H]1CCCc1cc3c(cnn3-c3ccncc3)cc12. The van der Waals surface area contributed by atoms with Crippen molar-refractivity contribution in [1.82, 2.24) is 14.8 Å². The van der Waals surface area contributed by atoms with Crippen LogP contribution in [0, 0.1) is 5.92 Å². The molecule has 0 unspecified atom stereocenters. The molecule has 1 N–H and O–H groups in total. The lowest BCUT2D eigenvalue weighted by molar-refractivity contribution is -0.0903. The highest BCUT2D eigenvalue weighted by Crippen LogP contribution is 2.54. The van der Waals surface area contributed by atoms with Gasteiger partial charge in [0.15, 0.2) is 0 Å². The third kappa shape index (κ3) is 3.07. The summed E-state index contributed by atoms with van der Waals surface area (Å²) in [6.45, 7) is 2.77. The average molecular weight is 406 g/mol. The second kappa shape index (κ2) is 7.47. The summed E-state index contributed by atoms with van der Waals surface area (Å²) in [7, 11) is 1.69. The minimum absolute atomic E-state index is 0.138. The predicted molar refractivity (Wildman–Crippen MR) is 118 cm³/mol. The molecule has 2 heterocycles. The Hall–Kier alpha value is -2.24. The minimum Gasteiger partial charge on any atom is -0.387 e. The fourth-order valence-electron chi connectivity index (χ4n) is 6.22. The molecule has 5 heteroatoms. The van der Waals surface area contributed by atoms with Gasteiger partial charge < -0.3 is 9.84 Å². The molecular formula is C25H31N3O2. The summed E-state index contributed by atoms with van der Waals surface area (Å²) in [5.74, 6) is 0.491. The Morgan fingerprint density at radius 2 is 2.07 bits per heavy atom. The molecule has 3 atom stereocenters. The van der Waals surface area contributed by atoms with Crippen LogP contribution in [0.3, 0.4) is 0 Å². The maximum Gasteiger partial charge on any atom is 0.0883 e. The molecule has 1 saturated carbocycles. The van der Waals surface area contributed by atoms with Crippen molar-refractivity contribution in [3.8, 4) is 5.69 Å². The summed E-state index contributed by atoms with van der Waals surface area (Å²) < 4.78 is 7.39. The lowest BCUT2D eigenvalue weighted by Crippen LogP contribution is -2.49. The molecule has 1 fully saturated rings. The van der Waals surface area contributed by atoms with Gasteiger partial charge in [-0.1, -0.05) is 6.92 Å². The number of hydrogen-bond donors (Lipinski definition) is 1. The fraction of sp³-hybridized carbons (Fsp3) is 0.520. The maximum absolute atomic E-state index is 11.1. The van der Waals surface area contributed by atoms with Crippen molar-refractivity contribution in [3.05, 3.63) is 54.0 Å². The third-order valence-corrected chi connectivity index (χ3v) is 7.72. The van der Waals surface area contributed by atoms with E-state index in [0.717, 1.165) is 49.7 Å². The zero-order valence-corrected chi connectivity index (χ0v) is 18.0. The van der Waals surface area contributed by atoms with Crippen molar-refractivity contribution in [2.45, 2.75) is 62.9 Å². The van der Waals surface area contributed by atoms with Crippen molar-refractivity contribution < 1.29 is 9.84 Å². The largest absolute Gasteiger partial charge is 0.387 e. The van der Waals surface area contributed by atoms with Gasteiger partial charge in [0.2, 0.25) is 0 Å². The van der Waals surface area contributed by atoms with E-state index in [1.807, 2.05) is 35.4 Å². The molecule has 1 aromatic carbocycles. The van der Waals surface area contributed by atoms with Crippen LogP contribution in [-0.2, 0) is 16.6 Å². The molecule has 0 saturated heterocycles. The van der Waals surface area contributed by atoms with E-state index >= 15 is 0 Å². The van der Waals surface area contributed by atoms with Gasteiger partial charge in [-0.05, 0) is 91.7 Å². The molecule has 0 amide bonds. The number of hydrogen-bond acceptors (Lipinski definition) is 4. The Morgan fingerprint density at radius 3 is 2.83 bits per heavy atom. The molecule has 0 spiro atoms. The Kier molecular flexibility index (Phi) is 4.91. The number of nitrogens with zero attached hydrogens (tertiary/aromatic N) is 3. The van der Waals surface area contributed by atoms with Gasteiger partial charge in [-0.25, -0.2) is 4.68 Å². The smallest absolute Gasteiger partial charge is 0.0883 e. The molecule has 30 heavy (non-hydrogen) atoms. The first kappa shape index (κ1) is 19.7. The molecule has 0 bridgehead atoms. The first-order chi connectivity index (χ1) is 14.6. The second-order valence-corrected chi connectivity index (χ2v) is 9.29. The van der Waals surface area contributed by atoms with Gasteiger partial charge in [0.25, 0.3) is 0 Å². The Morgan fingerprint density at radius 1 is 1.23 bits per heavy atom. The summed E-state index contributed by atoms with van der Waals surface area (Å²) in [5, 5.41) is 17.0. The number of aliphatic hydroxyl groups is 1. The molecule has 2 aliphatic rings. The van der Waals surface area contributed by atoms with Crippen LogP contribution < -0.4 is 0 Å². The second-order valence-electron chi connectivity index (χ2n) is 9.29. The molecule has 2 aromatic heterocycles. The summed E-state index contributed by atoms with van der Waals surface area (Å²) in [4.78, 5) is 4.14. The highest BCUT2D eigenvalue weighted by Gasteiger charge is 2.49. The molecule has 158 valence electrons. The molecule has 3 aromatic rings. The van der Waals surface area contributed by atoms with Crippen molar-refractivity contribution >= 4 is 10.9 Å². The van der Waals surface area contributed by atoms with Crippen LogP contribution in [0.15, 0.2) is 42.9 Å². The Balaban J connectivity index is 1.61. The van der Waals surface area contributed by atoms with E-state index in [2.05, 4.69) is 24.0 Å². The zero-order valence-electron chi connectivity index (χ0n) is 18.0. The van der Waals surface area contributed by atoms with Crippen LogP contribution in [-0.4, -0.2) is 39.2 Å². The predicted octanol–water partition coefficient (Wildman–Crippen LogP) is 4.58. The molecule has 0 radical (unpaired) electrons. The number of pyridine rings is 1. The van der Waals surface area contributed by atoms with Gasteiger partial charge in [0.05, 0.1) is 29.6 Å². The molecular weight excluding hydrogens is 374 g/mol. The standard InChI is InChI=1S/C25H31N3O2/c1-3-25-10-9-24(29,17-30-2)15-20(25)6-4-5-18-14-23-19(13-22(18)25)16-27-28(23)21-7-11-26-12-8-21/h7-8,11-14,16,20,29H,3-6,9-10,15,17H2,1-2H3/t20-,24+,25+/m0/s1. The average Bonchev–Trinajstić information content (AvgIpc) is 3.10. The van der Waals surface area contributed by atoms with Gasteiger partial charge in [-0.15, -0.1) is 0 Å². The number of aryl methyl sites for hydroxylation is 1. The van der Waals surface area contributed by atoms with Gasteiger partial charge in [0, 0.05) is 24.9 Å². The number of ether oxygens (including phenoxy) is 1. The zero-order chi connectivity index (χ0) is 20.8. The minimum atomic E-state index is -0.682. The van der Waals surface area contributed by atoms with E-state index in [1.54, 1.807) is 7.11 Å². The maximum atomic E-state index is 11.1. The van der Waals surface area contributed by atoms with Crippen molar-refractivity contribution in [2.75, 3.05) is 13.7 Å². The van der Waals surface area contributed by atoms with Gasteiger partial charge >= 0.3 is 0 Å². The highest BCUT2D eigenvalue weighted by molar-refractivity contribution is 5.82. The van der Waals surface area contributed by atoms with Gasteiger partial charge in [0.1, 0.15) is 0 Å². The summed E-state index contributed by atoms with van der Waals surface area (Å²) in [6.07, 6.45) is 12.8. The van der Waals surface area contributed by atoms with E-state index in [0.29, 0.717) is 12.5 Å².